The Kier molecular flexibility index (Phi) is 10.4. The molecule has 8 heteroatoms. The van der Waals surface area contributed by atoms with E-state index in [-0.39, 0.29) is 24.5 Å². The number of amides is 1. The van der Waals surface area contributed by atoms with Crippen LogP contribution in [0.1, 0.15) is 57.2 Å². The zero-order valence-corrected chi connectivity index (χ0v) is 22.1. The molecule has 1 aliphatic heterocycles. The smallest absolute Gasteiger partial charge is 0.295 e. The van der Waals surface area contributed by atoms with Crippen LogP contribution in [0.5, 0.6) is 17.2 Å². The van der Waals surface area contributed by atoms with Gasteiger partial charge in [-0.3, -0.25) is 9.59 Å². The zero-order valence-electron chi connectivity index (χ0n) is 22.1. The molecule has 1 amide bonds. The fraction of sp³-hybridized carbons (Fsp3) is 0.448. The second-order valence-corrected chi connectivity index (χ2v) is 8.70. The van der Waals surface area contributed by atoms with E-state index in [9.17, 15) is 14.7 Å². The molecule has 2 aromatic rings. The molecule has 1 N–H and O–H groups in total. The van der Waals surface area contributed by atoms with E-state index in [0.717, 1.165) is 19.3 Å². The van der Waals surface area contributed by atoms with Gasteiger partial charge in [-0.2, -0.15) is 0 Å². The standard InChI is InChI=1S/C29H37NO7/c1-5-8-17-37-23-14-11-21(19-24(23)35-7-3)26-25(28(32)29(33)30(26)15-18-34-4)27(31)20-9-12-22(13-10-20)36-16-6-2/h9-14,19,26,31H,5-8,15-18H2,1-4H3. The summed E-state index contributed by atoms with van der Waals surface area (Å²) in [6.07, 6.45) is 2.79. The minimum atomic E-state index is -0.810. The van der Waals surface area contributed by atoms with Crippen LogP contribution in [0.2, 0.25) is 0 Å². The highest BCUT2D eigenvalue weighted by Gasteiger charge is 2.46. The van der Waals surface area contributed by atoms with Crippen LogP contribution in [0.15, 0.2) is 48.0 Å². The predicted octanol–water partition coefficient (Wildman–Crippen LogP) is 5.12. The van der Waals surface area contributed by atoms with Crippen molar-refractivity contribution < 1.29 is 33.6 Å². The molecule has 1 atom stereocenters. The average molecular weight is 512 g/mol. The third-order valence-electron chi connectivity index (χ3n) is 6.02. The fourth-order valence-electron chi connectivity index (χ4n) is 4.14. The van der Waals surface area contributed by atoms with Gasteiger partial charge in [0.15, 0.2) is 11.5 Å². The van der Waals surface area contributed by atoms with Crippen molar-refractivity contribution in [1.82, 2.24) is 4.90 Å². The number of rotatable bonds is 14. The molecule has 0 aromatic heterocycles. The Labute approximate surface area is 218 Å². The molecule has 1 fully saturated rings. The second kappa shape index (κ2) is 13.7. The lowest BCUT2D eigenvalue weighted by molar-refractivity contribution is -0.140. The van der Waals surface area contributed by atoms with E-state index < -0.39 is 17.7 Å². The fourth-order valence-corrected chi connectivity index (χ4v) is 4.14. The molecule has 1 aliphatic rings. The normalized spacial score (nSPS) is 16.8. The molecule has 1 saturated heterocycles. The molecule has 0 aliphatic carbocycles. The van der Waals surface area contributed by atoms with Gasteiger partial charge in [0.25, 0.3) is 11.7 Å². The second-order valence-electron chi connectivity index (χ2n) is 8.70. The first-order valence-corrected chi connectivity index (χ1v) is 12.9. The summed E-state index contributed by atoms with van der Waals surface area (Å²) in [6.45, 7) is 7.96. The lowest BCUT2D eigenvalue weighted by Gasteiger charge is -2.26. The summed E-state index contributed by atoms with van der Waals surface area (Å²) in [5.74, 6) is 0.0994. The van der Waals surface area contributed by atoms with Crippen LogP contribution in [-0.4, -0.2) is 61.8 Å². The highest BCUT2D eigenvalue weighted by atomic mass is 16.5. The van der Waals surface area contributed by atoms with Crippen molar-refractivity contribution in [2.75, 3.05) is 40.1 Å². The van der Waals surface area contributed by atoms with Gasteiger partial charge >= 0.3 is 0 Å². The van der Waals surface area contributed by atoms with E-state index in [1.807, 2.05) is 13.8 Å². The van der Waals surface area contributed by atoms with Gasteiger partial charge in [-0.05, 0) is 61.7 Å². The first-order chi connectivity index (χ1) is 18.0. The van der Waals surface area contributed by atoms with Gasteiger partial charge in [-0.15, -0.1) is 0 Å². The first kappa shape index (κ1) is 28.1. The Balaban J connectivity index is 2.07. The Morgan fingerprint density at radius 3 is 2.30 bits per heavy atom. The van der Waals surface area contributed by atoms with Crippen molar-refractivity contribution in [3.8, 4) is 17.2 Å². The largest absolute Gasteiger partial charge is 0.507 e. The number of nitrogens with zero attached hydrogens (tertiary/aromatic N) is 1. The van der Waals surface area contributed by atoms with E-state index >= 15 is 0 Å². The third kappa shape index (κ3) is 6.63. The maximum Gasteiger partial charge on any atom is 0.295 e. The van der Waals surface area contributed by atoms with Gasteiger partial charge in [0.05, 0.1) is 38.0 Å². The van der Waals surface area contributed by atoms with Crippen molar-refractivity contribution in [2.45, 2.75) is 46.1 Å². The molecule has 200 valence electrons. The van der Waals surface area contributed by atoms with Gasteiger partial charge in [0.1, 0.15) is 11.5 Å². The first-order valence-electron chi connectivity index (χ1n) is 12.9. The lowest BCUT2D eigenvalue weighted by Crippen LogP contribution is -2.32. The number of carbonyl (C=O) groups is 2. The number of ketones is 1. The summed E-state index contributed by atoms with van der Waals surface area (Å²) in [4.78, 5) is 27.7. The molecule has 0 bridgehead atoms. The van der Waals surface area contributed by atoms with E-state index in [0.29, 0.717) is 48.2 Å². The Morgan fingerprint density at radius 2 is 1.65 bits per heavy atom. The number of hydrogen-bond acceptors (Lipinski definition) is 7. The minimum Gasteiger partial charge on any atom is -0.507 e. The highest BCUT2D eigenvalue weighted by molar-refractivity contribution is 6.46. The van der Waals surface area contributed by atoms with Gasteiger partial charge < -0.3 is 29.0 Å². The summed E-state index contributed by atoms with van der Waals surface area (Å²) in [7, 11) is 1.53. The lowest BCUT2D eigenvalue weighted by atomic mass is 9.95. The third-order valence-corrected chi connectivity index (χ3v) is 6.02. The molecule has 0 saturated carbocycles. The van der Waals surface area contributed by atoms with E-state index in [1.54, 1.807) is 42.5 Å². The summed E-state index contributed by atoms with van der Waals surface area (Å²) in [5.41, 5.74) is 1.07. The maximum absolute atomic E-state index is 13.2. The summed E-state index contributed by atoms with van der Waals surface area (Å²) in [5, 5.41) is 11.3. The van der Waals surface area contributed by atoms with Crippen molar-refractivity contribution >= 4 is 17.4 Å². The molecular formula is C29H37NO7. The SMILES string of the molecule is CCCCOc1ccc(C2C(=C(O)c3ccc(OCCC)cc3)C(=O)C(=O)N2CCOC)cc1OCC. The van der Waals surface area contributed by atoms with Gasteiger partial charge in [-0.1, -0.05) is 26.3 Å². The minimum absolute atomic E-state index is 0.0189. The molecule has 8 nitrogen and oxygen atoms in total. The number of aliphatic hydroxyl groups is 1. The van der Waals surface area contributed by atoms with Crippen LogP contribution in [0, 0.1) is 0 Å². The van der Waals surface area contributed by atoms with E-state index in [1.165, 1.54) is 12.0 Å². The monoisotopic (exact) mass is 511 g/mol. The number of benzene rings is 2. The topological polar surface area (TPSA) is 94.5 Å². The number of aliphatic hydroxyl groups excluding tert-OH is 1. The summed E-state index contributed by atoms with van der Waals surface area (Å²) < 4.78 is 22.5. The number of hydrogen-bond donors (Lipinski definition) is 1. The molecule has 3 rings (SSSR count). The van der Waals surface area contributed by atoms with Crippen LogP contribution in [-0.2, 0) is 14.3 Å². The van der Waals surface area contributed by atoms with Crippen LogP contribution in [0.25, 0.3) is 5.76 Å². The van der Waals surface area contributed by atoms with Gasteiger partial charge in [-0.25, -0.2) is 0 Å². The predicted molar refractivity (Wildman–Crippen MR) is 141 cm³/mol. The number of likely N-dealkylation sites (tertiary alicyclic amines) is 1. The van der Waals surface area contributed by atoms with Gasteiger partial charge in [0.2, 0.25) is 0 Å². The Bertz CT molecular complexity index is 1090. The molecule has 0 spiro atoms. The number of Topliss-reactive ketones (excluding diaryl/α,β-unsaturated/α-hetero) is 1. The maximum atomic E-state index is 13.2. The molecule has 1 unspecified atom stereocenters. The number of unbranched alkanes of at least 4 members (excludes halogenated alkanes) is 1. The molecule has 1 heterocycles. The van der Waals surface area contributed by atoms with Crippen LogP contribution in [0.4, 0.5) is 0 Å². The zero-order chi connectivity index (χ0) is 26.8. The molecule has 2 aromatic carbocycles. The van der Waals surface area contributed by atoms with Crippen LogP contribution in [0.3, 0.4) is 0 Å². The van der Waals surface area contributed by atoms with Crippen molar-refractivity contribution in [3.05, 3.63) is 59.2 Å². The molecular weight excluding hydrogens is 474 g/mol. The summed E-state index contributed by atoms with van der Waals surface area (Å²) >= 11 is 0. The molecule has 37 heavy (non-hydrogen) atoms. The number of methoxy groups -OCH3 is 1. The van der Waals surface area contributed by atoms with Crippen molar-refractivity contribution in [1.29, 1.82) is 0 Å². The molecule has 0 radical (unpaired) electrons. The average Bonchev–Trinajstić information content (AvgIpc) is 3.16. The summed E-state index contributed by atoms with van der Waals surface area (Å²) in [6, 6.07) is 11.4. The Morgan fingerprint density at radius 1 is 0.892 bits per heavy atom. The van der Waals surface area contributed by atoms with Crippen LogP contribution >= 0.6 is 0 Å². The van der Waals surface area contributed by atoms with Gasteiger partial charge in [0, 0.05) is 19.2 Å². The number of carbonyl (C=O) groups excluding carboxylic acids is 2. The highest BCUT2D eigenvalue weighted by Crippen LogP contribution is 2.42. The Hall–Kier alpha value is -3.52. The quantitative estimate of drug-likeness (QED) is 0.163. The van der Waals surface area contributed by atoms with Crippen molar-refractivity contribution in [2.24, 2.45) is 0 Å². The van der Waals surface area contributed by atoms with E-state index in [2.05, 4.69) is 6.92 Å². The number of ether oxygens (including phenoxy) is 4. The van der Waals surface area contributed by atoms with Crippen molar-refractivity contribution in [3.63, 3.8) is 0 Å². The van der Waals surface area contributed by atoms with Crippen LogP contribution < -0.4 is 14.2 Å². The van der Waals surface area contributed by atoms with E-state index in [4.69, 9.17) is 18.9 Å².